The van der Waals surface area contributed by atoms with Gasteiger partial charge in [0.2, 0.25) is 0 Å². The highest BCUT2D eigenvalue weighted by molar-refractivity contribution is 9.10. The van der Waals surface area contributed by atoms with Gasteiger partial charge in [0.1, 0.15) is 0 Å². The van der Waals surface area contributed by atoms with Crippen molar-refractivity contribution in [1.29, 1.82) is 0 Å². The predicted molar refractivity (Wildman–Crippen MR) is 93.1 cm³/mol. The van der Waals surface area contributed by atoms with E-state index in [1.165, 1.54) is 5.56 Å². The summed E-state index contributed by atoms with van der Waals surface area (Å²) in [6.45, 7) is 1.15. The summed E-state index contributed by atoms with van der Waals surface area (Å²) in [5.74, 6) is 0.136. The van der Waals surface area contributed by atoms with E-state index in [1.807, 2.05) is 48.3 Å². The first kappa shape index (κ1) is 15.0. The van der Waals surface area contributed by atoms with Crippen LogP contribution in [0.3, 0.4) is 0 Å². The quantitative estimate of drug-likeness (QED) is 0.693. The van der Waals surface area contributed by atoms with Crippen LogP contribution in [0.25, 0.3) is 10.9 Å². The van der Waals surface area contributed by atoms with Crippen molar-refractivity contribution in [3.05, 3.63) is 70.3 Å². The van der Waals surface area contributed by atoms with Gasteiger partial charge in [-0.2, -0.15) is 0 Å². The molecule has 1 heterocycles. The van der Waals surface area contributed by atoms with Gasteiger partial charge in [-0.1, -0.05) is 46.3 Å². The van der Waals surface area contributed by atoms with Gasteiger partial charge >= 0.3 is 0 Å². The second kappa shape index (κ2) is 6.46. The highest BCUT2D eigenvalue weighted by Crippen LogP contribution is 2.18. The van der Waals surface area contributed by atoms with Crippen LogP contribution in [0.5, 0.6) is 0 Å². The molecule has 0 aliphatic carbocycles. The maximum Gasteiger partial charge on any atom is 0.178 e. The van der Waals surface area contributed by atoms with E-state index in [0.717, 1.165) is 27.5 Å². The molecule has 0 aliphatic heterocycles. The number of aromatic nitrogens is 1. The number of carbonyl (C=O) groups is 1. The highest BCUT2D eigenvalue weighted by Gasteiger charge is 2.14. The minimum atomic E-state index is 0.136. The summed E-state index contributed by atoms with van der Waals surface area (Å²) in [6, 6.07) is 16.1. The fraction of sp³-hybridized carbons (Fsp3) is 0.167. The fourth-order valence-corrected chi connectivity index (χ4v) is 2.85. The number of likely N-dealkylation sites (N-methyl/N-ethyl adjacent to an activating group) is 1. The number of halogens is 1. The summed E-state index contributed by atoms with van der Waals surface area (Å²) in [7, 11) is 1.97. The molecular weight excluding hydrogens is 340 g/mol. The van der Waals surface area contributed by atoms with Crippen molar-refractivity contribution >= 4 is 32.6 Å². The Morgan fingerprint density at radius 2 is 1.86 bits per heavy atom. The average Bonchev–Trinajstić information content (AvgIpc) is 2.93. The largest absolute Gasteiger partial charge is 0.360 e. The molecule has 0 amide bonds. The van der Waals surface area contributed by atoms with Crippen molar-refractivity contribution < 1.29 is 4.79 Å². The first-order valence-corrected chi connectivity index (χ1v) is 7.95. The van der Waals surface area contributed by atoms with Crippen LogP contribution in [-0.4, -0.2) is 29.3 Å². The molecule has 3 aromatic rings. The number of ketones is 1. The van der Waals surface area contributed by atoms with Gasteiger partial charge in [0.25, 0.3) is 0 Å². The summed E-state index contributed by atoms with van der Waals surface area (Å²) in [5.41, 5.74) is 2.96. The normalized spacial score (nSPS) is 11.2. The Morgan fingerprint density at radius 3 is 2.64 bits per heavy atom. The van der Waals surface area contributed by atoms with Crippen molar-refractivity contribution in [2.75, 3.05) is 13.6 Å². The smallest absolute Gasteiger partial charge is 0.178 e. The number of benzene rings is 2. The number of H-pyrrole nitrogens is 1. The molecule has 0 atom stereocenters. The topological polar surface area (TPSA) is 36.1 Å². The Morgan fingerprint density at radius 1 is 1.14 bits per heavy atom. The maximum absolute atomic E-state index is 12.5. The monoisotopic (exact) mass is 356 g/mol. The van der Waals surface area contributed by atoms with Gasteiger partial charge in [-0.3, -0.25) is 9.69 Å². The van der Waals surface area contributed by atoms with Crippen LogP contribution in [0.15, 0.2) is 59.2 Å². The molecular formula is C18H17BrN2O. The number of carbonyl (C=O) groups excluding carboxylic acids is 1. The number of Topliss-reactive ketones (excluding diaryl/α,β-unsaturated/α-hetero) is 1. The fourth-order valence-electron chi connectivity index (χ4n) is 2.59. The lowest BCUT2D eigenvalue weighted by molar-refractivity contribution is 0.0944. The number of para-hydroxylation sites is 1. The van der Waals surface area contributed by atoms with Crippen LogP contribution in [0.1, 0.15) is 15.9 Å². The van der Waals surface area contributed by atoms with Crippen LogP contribution in [-0.2, 0) is 6.54 Å². The van der Waals surface area contributed by atoms with Gasteiger partial charge < -0.3 is 4.98 Å². The minimum absolute atomic E-state index is 0.136. The lowest BCUT2D eigenvalue weighted by Gasteiger charge is -2.15. The van der Waals surface area contributed by atoms with Gasteiger partial charge in [-0.05, 0) is 30.8 Å². The lowest BCUT2D eigenvalue weighted by atomic mass is 10.1. The van der Waals surface area contributed by atoms with E-state index < -0.39 is 0 Å². The second-order valence-corrected chi connectivity index (χ2v) is 6.39. The molecule has 0 aliphatic rings. The highest BCUT2D eigenvalue weighted by atomic mass is 79.9. The standard InChI is InChI=1S/C18H17BrN2O/c1-21(11-13-6-8-14(19)9-7-13)12-18(22)16-10-20-17-5-3-2-4-15(16)17/h2-10,20H,11-12H2,1H3. The van der Waals surface area contributed by atoms with Gasteiger partial charge in [-0.15, -0.1) is 0 Å². The summed E-state index contributed by atoms with van der Waals surface area (Å²) in [4.78, 5) is 17.7. The van der Waals surface area contributed by atoms with Crippen LogP contribution >= 0.6 is 15.9 Å². The molecule has 0 spiro atoms. The molecule has 22 heavy (non-hydrogen) atoms. The van der Waals surface area contributed by atoms with Crippen LogP contribution in [0.2, 0.25) is 0 Å². The third kappa shape index (κ3) is 3.29. The van der Waals surface area contributed by atoms with Crippen LogP contribution in [0.4, 0.5) is 0 Å². The molecule has 3 nitrogen and oxygen atoms in total. The SMILES string of the molecule is CN(CC(=O)c1c[nH]c2ccccc12)Cc1ccc(Br)cc1. The number of hydrogen-bond donors (Lipinski definition) is 1. The number of rotatable bonds is 5. The Balaban J connectivity index is 1.69. The summed E-state index contributed by atoms with van der Waals surface area (Å²) < 4.78 is 1.06. The Hall–Kier alpha value is -1.91. The van der Waals surface area contributed by atoms with Crippen LogP contribution in [0, 0.1) is 0 Å². The molecule has 0 unspecified atom stereocenters. The molecule has 1 aromatic heterocycles. The first-order chi connectivity index (χ1) is 10.6. The van der Waals surface area contributed by atoms with E-state index in [0.29, 0.717) is 6.54 Å². The van der Waals surface area contributed by atoms with E-state index in [4.69, 9.17) is 0 Å². The van der Waals surface area contributed by atoms with E-state index in [-0.39, 0.29) is 5.78 Å². The van der Waals surface area contributed by atoms with E-state index in [9.17, 15) is 4.79 Å². The first-order valence-electron chi connectivity index (χ1n) is 7.16. The molecule has 1 N–H and O–H groups in total. The Labute approximate surface area is 138 Å². The molecule has 0 saturated carbocycles. The van der Waals surface area contributed by atoms with Crippen LogP contribution < -0.4 is 0 Å². The zero-order valence-electron chi connectivity index (χ0n) is 12.3. The molecule has 0 saturated heterocycles. The molecule has 0 bridgehead atoms. The van der Waals surface area contributed by atoms with Crippen molar-refractivity contribution in [3.8, 4) is 0 Å². The Bertz CT molecular complexity index is 792. The van der Waals surface area contributed by atoms with E-state index >= 15 is 0 Å². The Kier molecular flexibility index (Phi) is 4.41. The number of hydrogen-bond acceptors (Lipinski definition) is 2. The summed E-state index contributed by atoms with van der Waals surface area (Å²) in [5, 5.41) is 0.990. The lowest BCUT2D eigenvalue weighted by Crippen LogP contribution is -2.25. The van der Waals surface area contributed by atoms with Gasteiger partial charge in [0.15, 0.2) is 5.78 Å². The van der Waals surface area contributed by atoms with Gasteiger partial charge in [0.05, 0.1) is 6.54 Å². The number of nitrogens with one attached hydrogen (secondary N) is 1. The number of nitrogens with zero attached hydrogens (tertiary/aromatic N) is 1. The zero-order valence-corrected chi connectivity index (χ0v) is 13.9. The van der Waals surface area contributed by atoms with Crippen molar-refractivity contribution in [1.82, 2.24) is 9.88 Å². The second-order valence-electron chi connectivity index (χ2n) is 5.47. The molecule has 3 rings (SSSR count). The van der Waals surface area contributed by atoms with Crippen molar-refractivity contribution in [3.63, 3.8) is 0 Å². The maximum atomic E-state index is 12.5. The molecule has 0 fully saturated rings. The molecule has 0 radical (unpaired) electrons. The van der Waals surface area contributed by atoms with Crippen molar-refractivity contribution in [2.24, 2.45) is 0 Å². The third-order valence-electron chi connectivity index (χ3n) is 3.67. The van der Waals surface area contributed by atoms with Gasteiger partial charge in [0, 0.05) is 33.7 Å². The zero-order chi connectivity index (χ0) is 15.5. The average molecular weight is 357 g/mol. The number of aromatic amines is 1. The number of fused-ring (bicyclic) bond motifs is 1. The van der Waals surface area contributed by atoms with E-state index in [1.54, 1.807) is 6.20 Å². The third-order valence-corrected chi connectivity index (χ3v) is 4.20. The minimum Gasteiger partial charge on any atom is -0.360 e. The predicted octanol–water partition coefficient (Wildman–Crippen LogP) is 4.25. The van der Waals surface area contributed by atoms with E-state index in [2.05, 4.69) is 33.0 Å². The van der Waals surface area contributed by atoms with Crippen molar-refractivity contribution in [2.45, 2.75) is 6.54 Å². The molecule has 4 heteroatoms. The summed E-state index contributed by atoms with van der Waals surface area (Å²) in [6.07, 6.45) is 1.81. The summed E-state index contributed by atoms with van der Waals surface area (Å²) >= 11 is 3.43. The molecule has 2 aromatic carbocycles. The van der Waals surface area contributed by atoms with Gasteiger partial charge in [-0.25, -0.2) is 0 Å². The molecule has 112 valence electrons.